The first-order valence-corrected chi connectivity index (χ1v) is 7.88. The zero-order chi connectivity index (χ0) is 19.1. The van der Waals surface area contributed by atoms with Crippen LogP contribution in [0.2, 0.25) is 10.0 Å². The molecule has 0 fully saturated rings. The number of carbonyl (C=O) groups excluding carboxylic acids is 1. The molecule has 136 valence electrons. The van der Waals surface area contributed by atoms with Crippen molar-refractivity contribution in [3.8, 4) is 11.5 Å². The Morgan fingerprint density at radius 2 is 2.00 bits per heavy atom. The molecule has 0 radical (unpaired) electrons. The largest absolute Gasteiger partial charge is 0.496 e. The number of amides is 1. The number of non-ortho nitro benzene ring substituents is 1. The van der Waals surface area contributed by atoms with E-state index in [0.717, 1.165) is 0 Å². The summed E-state index contributed by atoms with van der Waals surface area (Å²) in [5.74, 6) is 0.130. The summed E-state index contributed by atoms with van der Waals surface area (Å²) in [5, 5.41) is 15.3. The first-order chi connectivity index (χ1) is 12.4. The molecule has 0 unspecified atom stereocenters. The Kier molecular flexibility index (Phi) is 6.76. The van der Waals surface area contributed by atoms with Gasteiger partial charge in [-0.3, -0.25) is 14.9 Å². The Morgan fingerprint density at radius 3 is 2.65 bits per heavy atom. The van der Waals surface area contributed by atoms with Crippen molar-refractivity contribution in [2.45, 2.75) is 0 Å². The van der Waals surface area contributed by atoms with Crippen LogP contribution in [0.15, 0.2) is 41.5 Å². The number of benzene rings is 2. The molecule has 0 saturated carbocycles. The SMILES string of the molecule is COc1ccc([N+](=O)[O-])cc1C=NNC(=O)COc1ccc(Cl)cc1Cl. The highest BCUT2D eigenvalue weighted by Crippen LogP contribution is 2.27. The number of halogens is 2. The van der Waals surface area contributed by atoms with Crippen molar-refractivity contribution in [3.05, 3.63) is 62.1 Å². The number of nitro groups is 1. The molecule has 0 aromatic heterocycles. The zero-order valence-electron chi connectivity index (χ0n) is 13.4. The lowest BCUT2D eigenvalue weighted by molar-refractivity contribution is -0.384. The van der Waals surface area contributed by atoms with E-state index in [4.69, 9.17) is 32.7 Å². The molecule has 0 aliphatic heterocycles. The minimum Gasteiger partial charge on any atom is -0.496 e. The molecule has 0 aliphatic carbocycles. The fraction of sp³-hybridized carbons (Fsp3) is 0.125. The van der Waals surface area contributed by atoms with E-state index >= 15 is 0 Å². The lowest BCUT2D eigenvalue weighted by Gasteiger charge is -2.07. The summed E-state index contributed by atoms with van der Waals surface area (Å²) in [6.45, 7) is -0.329. The number of carbonyl (C=O) groups is 1. The fourth-order valence-electron chi connectivity index (χ4n) is 1.88. The highest BCUT2D eigenvalue weighted by Gasteiger charge is 2.10. The highest BCUT2D eigenvalue weighted by molar-refractivity contribution is 6.35. The van der Waals surface area contributed by atoms with Gasteiger partial charge in [0.2, 0.25) is 0 Å². The summed E-state index contributed by atoms with van der Waals surface area (Å²) in [5.41, 5.74) is 2.45. The number of hydrogen-bond acceptors (Lipinski definition) is 6. The van der Waals surface area contributed by atoms with Gasteiger partial charge in [-0.15, -0.1) is 0 Å². The van der Waals surface area contributed by atoms with Crippen molar-refractivity contribution in [2.75, 3.05) is 13.7 Å². The number of nitrogens with zero attached hydrogens (tertiary/aromatic N) is 2. The van der Waals surface area contributed by atoms with Crippen LogP contribution in [0.3, 0.4) is 0 Å². The van der Waals surface area contributed by atoms with Crippen LogP contribution >= 0.6 is 23.2 Å². The topological polar surface area (TPSA) is 103 Å². The van der Waals surface area contributed by atoms with Crippen molar-refractivity contribution in [3.63, 3.8) is 0 Å². The maximum Gasteiger partial charge on any atom is 0.277 e. The normalized spacial score (nSPS) is 10.6. The molecule has 26 heavy (non-hydrogen) atoms. The highest BCUT2D eigenvalue weighted by atomic mass is 35.5. The number of rotatable bonds is 7. The number of hydrazone groups is 1. The van der Waals surface area contributed by atoms with Crippen LogP contribution in [-0.2, 0) is 4.79 Å². The maximum absolute atomic E-state index is 11.8. The monoisotopic (exact) mass is 397 g/mol. The summed E-state index contributed by atoms with van der Waals surface area (Å²) in [4.78, 5) is 22.0. The second kappa shape index (κ2) is 9.02. The molecular formula is C16H13Cl2N3O5. The summed E-state index contributed by atoms with van der Waals surface area (Å²) >= 11 is 11.7. The van der Waals surface area contributed by atoms with Gasteiger partial charge in [0, 0.05) is 22.7 Å². The molecule has 2 aromatic carbocycles. The van der Waals surface area contributed by atoms with Crippen LogP contribution in [0.25, 0.3) is 0 Å². The second-order valence-electron chi connectivity index (χ2n) is 4.84. The van der Waals surface area contributed by atoms with Gasteiger partial charge in [0.05, 0.1) is 23.3 Å². The average Bonchev–Trinajstić information content (AvgIpc) is 2.60. The van der Waals surface area contributed by atoms with E-state index in [2.05, 4.69) is 10.5 Å². The molecule has 1 N–H and O–H groups in total. The fourth-order valence-corrected chi connectivity index (χ4v) is 2.34. The van der Waals surface area contributed by atoms with Gasteiger partial charge < -0.3 is 9.47 Å². The van der Waals surface area contributed by atoms with Gasteiger partial charge in [0.15, 0.2) is 6.61 Å². The number of nitro benzene ring substituents is 1. The lowest BCUT2D eigenvalue weighted by Crippen LogP contribution is -2.24. The summed E-state index contributed by atoms with van der Waals surface area (Å²) in [6, 6.07) is 8.62. The Bertz CT molecular complexity index is 858. The van der Waals surface area contributed by atoms with Crippen LogP contribution in [-0.4, -0.2) is 30.8 Å². The molecule has 10 heteroatoms. The average molecular weight is 398 g/mol. The number of hydrogen-bond donors (Lipinski definition) is 1. The predicted octanol–water partition coefficient (Wildman–Crippen LogP) is 3.44. The molecule has 0 bridgehead atoms. The van der Waals surface area contributed by atoms with Gasteiger partial charge in [-0.05, 0) is 24.3 Å². The third kappa shape index (κ3) is 5.33. The third-order valence-electron chi connectivity index (χ3n) is 3.07. The maximum atomic E-state index is 11.8. The molecule has 0 atom stereocenters. The minimum atomic E-state index is -0.545. The molecule has 0 heterocycles. The smallest absolute Gasteiger partial charge is 0.277 e. The molecule has 0 spiro atoms. The zero-order valence-corrected chi connectivity index (χ0v) is 15.0. The van der Waals surface area contributed by atoms with Crippen molar-refractivity contribution in [2.24, 2.45) is 5.10 Å². The number of ether oxygens (including phenoxy) is 2. The summed E-state index contributed by atoms with van der Waals surface area (Å²) in [7, 11) is 1.42. The van der Waals surface area contributed by atoms with Crippen molar-refractivity contribution >= 4 is 41.0 Å². The summed E-state index contributed by atoms with van der Waals surface area (Å²) in [6.07, 6.45) is 1.24. The van der Waals surface area contributed by atoms with E-state index in [1.165, 1.54) is 43.7 Å². The van der Waals surface area contributed by atoms with E-state index < -0.39 is 10.8 Å². The van der Waals surface area contributed by atoms with Crippen LogP contribution in [0.1, 0.15) is 5.56 Å². The molecule has 0 saturated heterocycles. The van der Waals surface area contributed by atoms with Gasteiger partial charge in [-0.25, -0.2) is 5.43 Å². The van der Waals surface area contributed by atoms with Crippen LogP contribution in [0.5, 0.6) is 11.5 Å². The van der Waals surface area contributed by atoms with E-state index in [1.54, 1.807) is 6.07 Å². The lowest BCUT2D eigenvalue weighted by atomic mass is 10.2. The van der Waals surface area contributed by atoms with Crippen molar-refractivity contribution < 1.29 is 19.2 Å². The van der Waals surface area contributed by atoms with Crippen molar-refractivity contribution in [1.82, 2.24) is 5.43 Å². The standard InChI is InChI=1S/C16H13Cl2N3O5/c1-25-14-5-3-12(21(23)24)6-10(14)8-19-20-16(22)9-26-15-4-2-11(17)7-13(15)18/h2-8H,9H2,1H3,(H,20,22). The van der Waals surface area contributed by atoms with E-state index in [1.807, 2.05) is 0 Å². The van der Waals surface area contributed by atoms with E-state index in [-0.39, 0.29) is 17.3 Å². The Labute approximate surface area is 158 Å². The van der Waals surface area contributed by atoms with E-state index in [0.29, 0.717) is 22.1 Å². The second-order valence-corrected chi connectivity index (χ2v) is 5.68. The first kappa shape index (κ1) is 19.5. The molecule has 0 aliphatic rings. The number of methoxy groups -OCH3 is 1. The van der Waals surface area contributed by atoms with E-state index in [9.17, 15) is 14.9 Å². The Balaban J connectivity index is 1.96. The molecule has 8 nitrogen and oxygen atoms in total. The quantitative estimate of drug-likeness (QED) is 0.437. The minimum absolute atomic E-state index is 0.126. The Morgan fingerprint density at radius 1 is 1.27 bits per heavy atom. The van der Waals surface area contributed by atoms with Gasteiger partial charge in [0.1, 0.15) is 11.5 Å². The number of nitrogens with one attached hydrogen (secondary N) is 1. The Hall–Kier alpha value is -2.84. The first-order valence-electron chi connectivity index (χ1n) is 7.13. The van der Waals surface area contributed by atoms with Gasteiger partial charge >= 0.3 is 0 Å². The molecular weight excluding hydrogens is 385 g/mol. The predicted molar refractivity (Wildman–Crippen MR) is 97.3 cm³/mol. The van der Waals surface area contributed by atoms with Gasteiger partial charge in [-0.2, -0.15) is 5.10 Å². The van der Waals surface area contributed by atoms with Crippen LogP contribution < -0.4 is 14.9 Å². The van der Waals surface area contributed by atoms with Gasteiger partial charge in [-0.1, -0.05) is 23.2 Å². The van der Waals surface area contributed by atoms with Crippen LogP contribution in [0.4, 0.5) is 5.69 Å². The van der Waals surface area contributed by atoms with Crippen LogP contribution in [0, 0.1) is 10.1 Å². The van der Waals surface area contributed by atoms with Gasteiger partial charge in [0.25, 0.3) is 11.6 Å². The molecule has 2 aromatic rings. The van der Waals surface area contributed by atoms with Crippen molar-refractivity contribution in [1.29, 1.82) is 0 Å². The molecule has 2 rings (SSSR count). The summed E-state index contributed by atoms with van der Waals surface area (Å²) < 4.78 is 10.4. The molecule has 1 amide bonds. The third-order valence-corrected chi connectivity index (χ3v) is 3.60.